The molecule has 2 aromatic carbocycles. The van der Waals surface area contributed by atoms with E-state index in [1.54, 1.807) is 6.26 Å². The quantitative estimate of drug-likeness (QED) is 0.499. The van der Waals surface area contributed by atoms with Crippen LogP contribution in [0, 0.1) is 11.8 Å². The lowest BCUT2D eigenvalue weighted by Crippen LogP contribution is -2.33. The number of aldehydes is 1. The van der Waals surface area contributed by atoms with E-state index in [0.717, 1.165) is 25.9 Å². The van der Waals surface area contributed by atoms with Gasteiger partial charge in [-0.05, 0) is 45.3 Å². The monoisotopic (exact) mass is 397 g/mol. The highest BCUT2D eigenvalue weighted by Crippen LogP contribution is 2.36. The topological polar surface area (TPSA) is 37.4 Å². The third-order valence-electron chi connectivity index (χ3n) is 5.89. The zero-order valence-electron chi connectivity index (χ0n) is 16.9. The maximum absolute atomic E-state index is 12.6. The highest BCUT2D eigenvalue weighted by atomic mass is 32.2. The third-order valence-corrected chi connectivity index (χ3v) is 7.66. The predicted octanol–water partition coefficient (Wildman–Crippen LogP) is 4.02. The first-order chi connectivity index (χ1) is 13.5. The summed E-state index contributed by atoms with van der Waals surface area (Å²) < 4.78 is 12.6. The van der Waals surface area contributed by atoms with Gasteiger partial charge in [0.15, 0.2) is 6.29 Å². The normalized spacial score (nSPS) is 24.0. The summed E-state index contributed by atoms with van der Waals surface area (Å²) in [5.41, 5.74) is 2.64. The molecule has 0 amide bonds. The van der Waals surface area contributed by atoms with Gasteiger partial charge < -0.3 is 0 Å². The van der Waals surface area contributed by atoms with E-state index in [2.05, 4.69) is 72.5 Å². The Kier molecular flexibility index (Phi) is 7.08. The van der Waals surface area contributed by atoms with Crippen LogP contribution in [0.2, 0.25) is 0 Å². The Morgan fingerprint density at radius 2 is 1.50 bits per heavy atom. The second-order valence-corrected chi connectivity index (χ2v) is 11.0. The van der Waals surface area contributed by atoms with Gasteiger partial charge in [-0.15, -0.1) is 0 Å². The number of carbonyl (C=O) groups excluding carboxylic acids is 1. The van der Waals surface area contributed by atoms with Gasteiger partial charge in [-0.2, -0.15) is 0 Å². The molecule has 0 spiro atoms. The van der Waals surface area contributed by atoms with Crippen molar-refractivity contribution in [1.29, 1.82) is 0 Å². The largest absolute Gasteiger partial charge is 0.298 e. The van der Waals surface area contributed by atoms with Crippen molar-refractivity contribution in [2.24, 2.45) is 11.8 Å². The van der Waals surface area contributed by atoms with Crippen molar-refractivity contribution in [2.45, 2.75) is 38.9 Å². The molecule has 2 aromatic rings. The smallest absolute Gasteiger partial charge is 0.150 e. The van der Waals surface area contributed by atoms with Crippen molar-refractivity contribution >= 4 is 21.2 Å². The molecule has 0 saturated heterocycles. The van der Waals surface area contributed by atoms with Crippen molar-refractivity contribution in [1.82, 2.24) is 4.90 Å². The summed E-state index contributed by atoms with van der Waals surface area (Å²) in [5.74, 6) is 1.53. The number of benzene rings is 2. The Bertz CT molecular complexity index is 830. The molecule has 4 atom stereocenters. The van der Waals surface area contributed by atoms with Gasteiger partial charge in [0, 0.05) is 36.5 Å². The molecule has 1 fully saturated rings. The average molecular weight is 398 g/mol. The Morgan fingerprint density at radius 3 is 2.00 bits per heavy atom. The first kappa shape index (κ1) is 20.8. The van der Waals surface area contributed by atoms with E-state index in [1.807, 2.05) is 0 Å². The van der Waals surface area contributed by atoms with Gasteiger partial charge in [-0.1, -0.05) is 67.6 Å². The van der Waals surface area contributed by atoms with Crippen LogP contribution in [0.25, 0.3) is 0 Å². The molecule has 4 unspecified atom stereocenters. The summed E-state index contributed by atoms with van der Waals surface area (Å²) in [5, 5.41) is 1.36. The fraction of sp³-hybridized carbons (Fsp3) is 0.417. The highest BCUT2D eigenvalue weighted by Gasteiger charge is 2.35. The maximum Gasteiger partial charge on any atom is 0.150 e. The fourth-order valence-electron chi connectivity index (χ4n) is 4.38. The molecule has 0 N–H and O–H groups in total. The van der Waals surface area contributed by atoms with E-state index in [9.17, 15) is 9.00 Å². The van der Waals surface area contributed by atoms with E-state index in [1.165, 1.54) is 16.5 Å². The molecular formula is C24H31NO2S. The molecule has 1 saturated carbocycles. The van der Waals surface area contributed by atoms with Crippen molar-refractivity contribution in [3.8, 4) is 0 Å². The molecule has 4 heteroatoms. The van der Waals surface area contributed by atoms with Gasteiger partial charge in [0.1, 0.15) is 0 Å². The van der Waals surface area contributed by atoms with Gasteiger partial charge in [0.2, 0.25) is 0 Å². The second kappa shape index (κ2) is 9.53. The van der Waals surface area contributed by atoms with E-state index < -0.39 is 9.52 Å². The zero-order chi connectivity index (χ0) is 20.0. The van der Waals surface area contributed by atoms with E-state index in [0.29, 0.717) is 29.9 Å². The van der Waals surface area contributed by atoms with E-state index in [-0.39, 0.29) is 0 Å². The Hall–Kier alpha value is -1.91. The lowest BCUT2D eigenvalue weighted by atomic mass is 10.0. The minimum absolute atomic E-state index is 0.396. The summed E-state index contributed by atoms with van der Waals surface area (Å²) in [6, 6.07) is 21.7. The van der Waals surface area contributed by atoms with Crippen molar-refractivity contribution < 1.29 is 9.00 Å². The number of nitrogens with zero attached hydrogens (tertiary/aromatic N) is 1. The Labute approximate surface area is 169 Å². The van der Waals surface area contributed by atoms with Crippen LogP contribution in [-0.2, 0) is 27.4 Å². The minimum atomic E-state index is -2.18. The first-order valence-corrected chi connectivity index (χ1v) is 12.2. The standard InChI is InChI=1S/C24H31NO2S/c1-20-15-24(16-23(20)19-28(2,27)14-13-26)25(17-21-9-5-3-6-10-21)18-22-11-7-4-8-12-22/h3-14,20,23-24H,15-19H2,1-2H3. The van der Waals surface area contributed by atoms with Crippen molar-refractivity contribution in [3.63, 3.8) is 0 Å². The molecule has 28 heavy (non-hydrogen) atoms. The van der Waals surface area contributed by atoms with Crippen LogP contribution < -0.4 is 0 Å². The lowest BCUT2D eigenvalue weighted by molar-refractivity contribution is -0.102. The van der Waals surface area contributed by atoms with Crippen LogP contribution in [0.15, 0.2) is 60.7 Å². The van der Waals surface area contributed by atoms with Gasteiger partial charge in [0.05, 0.1) is 0 Å². The summed E-state index contributed by atoms with van der Waals surface area (Å²) in [7, 11) is -2.18. The maximum atomic E-state index is 12.6. The van der Waals surface area contributed by atoms with Crippen LogP contribution in [0.3, 0.4) is 0 Å². The third kappa shape index (κ3) is 5.79. The molecule has 1 aliphatic rings. The average Bonchev–Trinajstić information content (AvgIpc) is 3.02. The van der Waals surface area contributed by atoms with E-state index >= 15 is 0 Å². The first-order valence-electron chi connectivity index (χ1n) is 10.0. The van der Waals surface area contributed by atoms with Crippen LogP contribution in [-0.4, -0.2) is 38.8 Å². The van der Waals surface area contributed by atoms with Gasteiger partial charge in [-0.25, -0.2) is 0 Å². The predicted molar refractivity (Wildman–Crippen MR) is 119 cm³/mol. The lowest BCUT2D eigenvalue weighted by Gasteiger charge is -2.29. The molecule has 3 nitrogen and oxygen atoms in total. The molecular weight excluding hydrogens is 366 g/mol. The second-order valence-electron chi connectivity index (χ2n) is 8.25. The SMILES string of the molecule is CC1CC(N(Cc2ccccc2)Cc2ccccc2)CC1CS(C)(=O)=CC=O. The van der Waals surface area contributed by atoms with Gasteiger partial charge in [-0.3, -0.25) is 13.9 Å². The molecule has 0 radical (unpaired) electrons. The van der Waals surface area contributed by atoms with Crippen molar-refractivity contribution in [2.75, 3.05) is 12.0 Å². The number of hydrogen-bond acceptors (Lipinski definition) is 3. The number of rotatable bonds is 8. The minimum Gasteiger partial charge on any atom is -0.298 e. The van der Waals surface area contributed by atoms with E-state index in [4.69, 9.17) is 0 Å². The van der Waals surface area contributed by atoms with Gasteiger partial charge in [0.25, 0.3) is 0 Å². The van der Waals surface area contributed by atoms with Crippen molar-refractivity contribution in [3.05, 3.63) is 71.8 Å². The summed E-state index contributed by atoms with van der Waals surface area (Å²) >= 11 is 0. The van der Waals surface area contributed by atoms with Crippen LogP contribution in [0.4, 0.5) is 0 Å². The number of carbonyl (C=O) groups is 1. The molecule has 0 aliphatic heterocycles. The van der Waals surface area contributed by atoms with Gasteiger partial charge >= 0.3 is 0 Å². The Balaban J connectivity index is 1.77. The molecule has 0 heterocycles. The molecule has 1 aliphatic carbocycles. The number of hydrogen-bond donors (Lipinski definition) is 0. The summed E-state index contributed by atoms with van der Waals surface area (Å²) in [6.45, 7) is 4.11. The highest BCUT2D eigenvalue weighted by molar-refractivity contribution is 8.01. The summed E-state index contributed by atoms with van der Waals surface area (Å²) in [6.07, 6.45) is 4.56. The van der Waals surface area contributed by atoms with Crippen LogP contribution in [0.5, 0.6) is 0 Å². The zero-order valence-corrected chi connectivity index (χ0v) is 17.7. The van der Waals surface area contributed by atoms with Crippen LogP contribution in [0.1, 0.15) is 30.9 Å². The Morgan fingerprint density at radius 1 is 0.964 bits per heavy atom. The molecule has 0 aromatic heterocycles. The molecule has 150 valence electrons. The fourth-order valence-corrected chi connectivity index (χ4v) is 6.04. The van der Waals surface area contributed by atoms with Crippen LogP contribution >= 0.6 is 0 Å². The molecule has 3 rings (SSSR count). The molecule has 0 bridgehead atoms. The summed E-state index contributed by atoms with van der Waals surface area (Å²) in [4.78, 5) is 13.4.